The molecule has 0 aliphatic carbocycles. The van der Waals surface area contributed by atoms with Crippen molar-refractivity contribution in [2.45, 2.75) is 49.1 Å². The van der Waals surface area contributed by atoms with Gasteiger partial charge in [-0.1, -0.05) is 0 Å². The zero-order valence-corrected chi connectivity index (χ0v) is 17.3. The molecule has 1 unspecified atom stereocenters. The van der Waals surface area contributed by atoms with Gasteiger partial charge in [-0.05, 0) is 0 Å². The minimum atomic E-state index is 0.638. The first-order chi connectivity index (χ1) is 8.83. The van der Waals surface area contributed by atoms with Gasteiger partial charge in [-0.15, -0.1) is 0 Å². The first-order valence-corrected chi connectivity index (χ1v) is 10.6. The number of hydrogen-bond acceptors (Lipinski definition) is 1. The number of aromatic nitrogens is 2. The van der Waals surface area contributed by atoms with E-state index in [1.54, 1.807) is 0 Å². The predicted molar refractivity (Wildman–Crippen MR) is 80.8 cm³/mol. The first-order valence-electron chi connectivity index (χ1n) is 7.26. The summed E-state index contributed by atoms with van der Waals surface area (Å²) < 4.78 is 0.768. The van der Waals surface area contributed by atoms with Crippen molar-refractivity contribution in [1.29, 1.82) is 0 Å². The van der Waals surface area contributed by atoms with E-state index >= 15 is 0 Å². The van der Waals surface area contributed by atoms with Gasteiger partial charge in [0.25, 0.3) is 0 Å². The maximum atomic E-state index is 4.54. The molecule has 0 aliphatic heterocycles. The van der Waals surface area contributed by atoms with Gasteiger partial charge in [-0.3, -0.25) is 0 Å². The number of para-hydroxylation sites is 1. The number of rotatable bonds is 7. The van der Waals surface area contributed by atoms with Crippen molar-refractivity contribution in [2.75, 3.05) is 0 Å². The van der Waals surface area contributed by atoms with Crippen molar-refractivity contribution in [2.24, 2.45) is 0 Å². The number of nitrogens with one attached hydrogen (secondary N) is 1. The number of H-pyrrole nitrogens is 1. The van der Waals surface area contributed by atoms with Gasteiger partial charge in [0.05, 0.1) is 0 Å². The first kappa shape index (κ1) is 14.0. The number of fused-ring (bicyclic) bond motifs is 1. The van der Waals surface area contributed by atoms with Gasteiger partial charge < -0.3 is 0 Å². The summed E-state index contributed by atoms with van der Waals surface area (Å²) in [4.78, 5) is 0. The molecule has 1 N–H and O–H groups in total. The summed E-state index contributed by atoms with van der Waals surface area (Å²) in [5, 5.41) is 9.04. The fourth-order valence-corrected chi connectivity index (χ4v) is 4.97. The second-order valence-electron chi connectivity index (χ2n) is 5.26. The van der Waals surface area contributed by atoms with Crippen LogP contribution in [0.1, 0.15) is 54.8 Å². The zero-order chi connectivity index (χ0) is 12.8. The molecule has 0 saturated heterocycles. The van der Waals surface area contributed by atoms with E-state index in [2.05, 4.69) is 41.4 Å². The van der Waals surface area contributed by atoms with Crippen LogP contribution in [0, 0.1) is 0 Å². The SMILES string of the molecule is CCCCCCC[CH]([InH2])c1n[nH]c2ccccc12. The number of aromatic amines is 1. The Kier molecular flexibility index (Phi) is 5.61. The van der Waals surface area contributed by atoms with Crippen molar-refractivity contribution in [3.05, 3.63) is 30.0 Å². The van der Waals surface area contributed by atoms with E-state index < -0.39 is 0 Å². The Morgan fingerprint density at radius 3 is 2.78 bits per heavy atom. The van der Waals surface area contributed by atoms with Crippen LogP contribution >= 0.6 is 0 Å². The maximum absolute atomic E-state index is 4.54. The van der Waals surface area contributed by atoms with E-state index in [1.807, 2.05) is 0 Å². The molecule has 96 valence electrons. The normalized spacial score (nSPS) is 12.9. The molecule has 1 aromatic heterocycles. The van der Waals surface area contributed by atoms with E-state index in [-0.39, 0.29) is 0 Å². The molecule has 2 nitrogen and oxygen atoms in total. The Morgan fingerprint density at radius 2 is 1.94 bits per heavy atom. The van der Waals surface area contributed by atoms with E-state index in [0.717, 1.165) is 3.67 Å². The van der Waals surface area contributed by atoms with Crippen LogP contribution in [0.2, 0.25) is 0 Å². The molecular formula is C15H23InN2. The molecular weight excluding hydrogens is 323 g/mol. The summed E-state index contributed by atoms with van der Waals surface area (Å²) in [6.07, 6.45) is 8.24. The summed E-state index contributed by atoms with van der Waals surface area (Å²) in [6.45, 7) is 2.27. The summed E-state index contributed by atoms with van der Waals surface area (Å²) in [5.74, 6) is 0. The van der Waals surface area contributed by atoms with Crippen LogP contribution in [0.5, 0.6) is 0 Å². The standard InChI is InChI=1S/C15H21N2.In.2H/c1-2-3-4-5-6-7-11-14-13-10-8-9-12-15(13)17-16-14;;;/h8-12H,2-7H2,1H3,(H,16,17);;;. The van der Waals surface area contributed by atoms with Crippen molar-refractivity contribution >= 4 is 35.3 Å². The Labute approximate surface area is 124 Å². The van der Waals surface area contributed by atoms with E-state index in [1.165, 1.54) is 55.1 Å². The molecule has 0 saturated carbocycles. The fraction of sp³-hybridized carbons (Fsp3) is 0.533. The monoisotopic (exact) mass is 346 g/mol. The molecule has 1 aromatic carbocycles. The molecule has 0 spiro atoms. The summed E-state index contributed by atoms with van der Waals surface area (Å²) in [6, 6.07) is 8.51. The Balaban J connectivity index is 1.90. The summed E-state index contributed by atoms with van der Waals surface area (Å²) in [7, 11) is 0. The quantitative estimate of drug-likeness (QED) is 0.763. The van der Waals surface area contributed by atoms with Crippen LogP contribution in [0.4, 0.5) is 0 Å². The van der Waals surface area contributed by atoms with E-state index in [4.69, 9.17) is 0 Å². The Hall–Kier alpha value is -0.440. The van der Waals surface area contributed by atoms with E-state index in [9.17, 15) is 0 Å². The van der Waals surface area contributed by atoms with Gasteiger partial charge >= 0.3 is 125 Å². The van der Waals surface area contributed by atoms with Gasteiger partial charge in [0.1, 0.15) is 0 Å². The number of hydrogen-bond donors (Lipinski definition) is 1. The molecule has 1 atom stereocenters. The summed E-state index contributed by atoms with van der Waals surface area (Å²) in [5.41, 5.74) is 2.52. The summed E-state index contributed by atoms with van der Waals surface area (Å²) >= 11 is 0.638. The van der Waals surface area contributed by atoms with Crippen LogP contribution in [0.15, 0.2) is 24.3 Å². The van der Waals surface area contributed by atoms with Crippen LogP contribution in [-0.2, 0) is 0 Å². The van der Waals surface area contributed by atoms with Crippen LogP contribution < -0.4 is 0 Å². The molecule has 1 heterocycles. The molecule has 3 heteroatoms. The topological polar surface area (TPSA) is 28.7 Å². The number of nitrogens with zero attached hydrogens (tertiary/aromatic N) is 1. The molecule has 2 rings (SSSR count). The van der Waals surface area contributed by atoms with Crippen molar-refractivity contribution in [3.8, 4) is 0 Å². The number of benzene rings is 1. The average molecular weight is 346 g/mol. The molecule has 0 amide bonds. The van der Waals surface area contributed by atoms with E-state index in [0.29, 0.717) is 24.4 Å². The van der Waals surface area contributed by atoms with Gasteiger partial charge in [0.15, 0.2) is 0 Å². The fourth-order valence-electron chi connectivity index (χ4n) is 2.55. The second kappa shape index (κ2) is 7.22. The van der Waals surface area contributed by atoms with Crippen LogP contribution in [0.3, 0.4) is 0 Å². The number of unbranched alkanes of at least 4 members (excludes halogenated alkanes) is 4. The van der Waals surface area contributed by atoms with Gasteiger partial charge in [0.2, 0.25) is 0 Å². The molecule has 0 bridgehead atoms. The average Bonchev–Trinajstić information content (AvgIpc) is 2.82. The Morgan fingerprint density at radius 1 is 1.17 bits per heavy atom. The van der Waals surface area contributed by atoms with Gasteiger partial charge in [-0.2, -0.15) is 0 Å². The third kappa shape index (κ3) is 3.53. The molecule has 18 heavy (non-hydrogen) atoms. The zero-order valence-electron chi connectivity index (χ0n) is 11.6. The molecule has 0 fully saturated rings. The third-order valence-electron chi connectivity index (χ3n) is 3.71. The Bertz CT molecular complexity index is 478. The predicted octanol–water partition coefficient (Wildman–Crippen LogP) is 3.60. The molecule has 2 aromatic rings. The van der Waals surface area contributed by atoms with Crippen molar-refractivity contribution in [1.82, 2.24) is 10.2 Å². The third-order valence-corrected chi connectivity index (χ3v) is 6.92. The molecule has 0 radical (unpaired) electrons. The van der Waals surface area contributed by atoms with Crippen molar-refractivity contribution < 1.29 is 0 Å². The van der Waals surface area contributed by atoms with Crippen LogP contribution in [-0.4, -0.2) is 34.6 Å². The second-order valence-corrected chi connectivity index (χ2v) is 9.24. The minimum absolute atomic E-state index is 0.638. The van der Waals surface area contributed by atoms with Crippen molar-refractivity contribution in [3.63, 3.8) is 0 Å². The van der Waals surface area contributed by atoms with Gasteiger partial charge in [0, 0.05) is 0 Å². The van der Waals surface area contributed by atoms with Gasteiger partial charge in [-0.25, -0.2) is 0 Å². The van der Waals surface area contributed by atoms with Crippen LogP contribution in [0.25, 0.3) is 10.9 Å². The molecule has 0 aliphatic rings.